The van der Waals surface area contributed by atoms with Crippen LogP contribution >= 0.6 is 0 Å². The molecular weight excluding hydrogens is 285 g/mol. The molecule has 7 heteroatoms. The number of amides is 1. The van der Waals surface area contributed by atoms with Gasteiger partial charge in [-0.25, -0.2) is 13.2 Å². The van der Waals surface area contributed by atoms with Gasteiger partial charge in [-0.3, -0.25) is 4.79 Å². The van der Waals surface area contributed by atoms with Crippen LogP contribution < -0.4 is 15.8 Å². The van der Waals surface area contributed by atoms with Crippen molar-refractivity contribution in [3.05, 3.63) is 53.3 Å². The Morgan fingerprint density at radius 2 is 1.81 bits per heavy atom. The first-order chi connectivity index (χ1) is 9.92. The normalized spacial score (nSPS) is 10.3. The number of halogens is 3. The summed E-state index contributed by atoms with van der Waals surface area (Å²) in [4.78, 5) is 12.0. The van der Waals surface area contributed by atoms with E-state index >= 15 is 0 Å². The molecule has 0 unspecified atom stereocenters. The van der Waals surface area contributed by atoms with E-state index in [0.717, 1.165) is 18.2 Å². The zero-order valence-corrected chi connectivity index (χ0v) is 10.9. The van der Waals surface area contributed by atoms with E-state index in [1.165, 1.54) is 13.2 Å². The highest BCUT2D eigenvalue weighted by Gasteiger charge is 2.14. The highest BCUT2D eigenvalue weighted by atomic mass is 19.1. The summed E-state index contributed by atoms with van der Waals surface area (Å²) in [6, 6.07) is 4.94. The van der Waals surface area contributed by atoms with Crippen molar-refractivity contribution in [2.45, 2.75) is 0 Å². The quantitative estimate of drug-likeness (QED) is 0.856. The average molecular weight is 296 g/mol. The lowest BCUT2D eigenvalue weighted by molar-refractivity contribution is 0.102. The number of carbonyl (C=O) groups is 1. The van der Waals surface area contributed by atoms with Gasteiger partial charge in [0.15, 0.2) is 11.6 Å². The molecular formula is C14H11F3N2O2. The number of nitrogens with two attached hydrogens (primary N) is 1. The first kappa shape index (κ1) is 14.7. The molecule has 110 valence electrons. The highest BCUT2D eigenvalue weighted by molar-refractivity contribution is 6.04. The Hall–Kier alpha value is -2.70. The summed E-state index contributed by atoms with van der Waals surface area (Å²) in [7, 11) is 1.25. The number of benzene rings is 2. The van der Waals surface area contributed by atoms with Crippen LogP contribution in [0.5, 0.6) is 5.75 Å². The first-order valence-electron chi connectivity index (χ1n) is 5.81. The lowest BCUT2D eigenvalue weighted by Gasteiger charge is -2.09. The number of methoxy groups -OCH3 is 1. The summed E-state index contributed by atoms with van der Waals surface area (Å²) in [5.41, 5.74) is 4.78. The monoisotopic (exact) mass is 296 g/mol. The summed E-state index contributed by atoms with van der Waals surface area (Å²) in [6.07, 6.45) is 0. The Labute approximate surface area is 118 Å². The van der Waals surface area contributed by atoms with Gasteiger partial charge in [0.1, 0.15) is 11.6 Å². The second-order valence-electron chi connectivity index (χ2n) is 4.16. The molecule has 2 aromatic rings. The van der Waals surface area contributed by atoms with E-state index in [0.29, 0.717) is 6.07 Å². The summed E-state index contributed by atoms with van der Waals surface area (Å²) in [5, 5.41) is 2.23. The van der Waals surface area contributed by atoms with Gasteiger partial charge in [0.2, 0.25) is 0 Å². The molecule has 0 fully saturated rings. The fourth-order valence-corrected chi connectivity index (χ4v) is 1.66. The summed E-state index contributed by atoms with van der Waals surface area (Å²) < 4.78 is 44.5. The third-order valence-electron chi connectivity index (χ3n) is 2.75. The number of hydrogen-bond acceptors (Lipinski definition) is 3. The third-order valence-corrected chi connectivity index (χ3v) is 2.75. The molecule has 21 heavy (non-hydrogen) atoms. The molecule has 0 aromatic heterocycles. The molecule has 0 heterocycles. The minimum atomic E-state index is -0.968. The summed E-state index contributed by atoms with van der Waals surface area (Å²) in [6.45, 7) is 0. The van der Waals surface area contributed by atoms with Gasteiger partial charge in [-0.05, 0) is 24.3 Å². The number of nitrogen functional groups attached to an aromatic ring is 1. The minimum Gasteiger partial charge on any atom is -0.494 e. The van der Waals surface area contributed by atoms with E-state index in [1.54, 1.807) is 0 Å². The van der Waals surface area contributed by atoms with Crippen molar-refractivity contribution in [3.8, 4) is 5.75 Å². The molecule has 0 aliphatic rings. The molecule has 0 atom stereocenters. The summed E-state index contributed by atoms with van der Waals surface area (Å²) in [5.74, 6) is -3.36. The van der Waals surface area contributed by atoms with Gasteiger partial charge in [0, 0.05) is 11.6 Å². The van der Waals surface area contributed by atoms with Gasteiger partial charge < -0.3 is 15.8 Å². The lowest BCUT2D eigenvalue weighted by atomic mass is 10.2. The van der Waals surface area contributed by atoms with Gasteiger partial charge in [-0.2, -0.15) is 0 Å². The molecule has 0 saturated carbocycles. The van der Waals surface area contributed by atoms with Gasteiger partial charge >= 0.3 is 0 Å². The maximum absolute atomic E-state index is 13.5. The number of anilines is 2. The molecule has 4 nitrogen and oxygen atoms in total. The van der Waals surface area contributed by atoms with Crippen LogP contribution in [-0.4, -0.2) is 13.0 Å². The van der Waals surface area contributed by atoms with Crippen LogP contribution in [0.2, 0.25) is 0 Å². The molecule has 2 rings (SSSR count). The van der Waals surface area contributed by atoms with Crippen molar-refractivity contribution >= 4 is 17.3 Å². The van der Waals surface area contributed by atoms with Crippen molar-refractivity contribution in [1.29, 1.82) is 0 Å². The number of rotatable bonds is 3. The molecule has 1 amide bonds. The van der Waals surface area contributed by atoms with Crippen molar-refractivity contribution in [2.75, 3.05) is 18.2 Å². The second kappa shape index (κ2) is 5.74. The second-order valence-corrected chi connectivity index (χ2v) is 4.16. The van der Waals surface area contributed by atoms with Crippen molar-refractivity contribution < 1.29 is 22.7 Å². The summed E-state index contributed by atoms with van der Waals surface area (Å²) >= 11 is 0. The number of hydrogen-bond donors (Lipinski definition) is 2. The molecule has 0 radical (unpaired) electrons. The Balaban J connectivity index is 2.28. The Kier molecular flexibility index (Phi) is 4.02. The van der Waals surface area contributed by atoms with Gasteiger partial charge in [-0.1, -0.05) is 0 Å². The van der Waals surface area contributed by atoms with E-state index in [-0.39, 0.29) is 22.7 Å². The fourth-order valence-electron chi connectivity index (χ4n) is 1.66. The van der Waals surface area contributed by atoms with Crippen LogP contribution in [0.4, 0.5) is 24.5 Å². The Morgan fingerprint density at radius 3 is 2.48 bits per heavy atom. The number of carbonyl (C=O) groups excluding carboxylic acids is 1. The smallest absolute Gasteiger partial charge is 0.255 e. The third kappa shape index (κ3) is 3.07. The van der Waals surface area contributed by atoms with Crippen LogP contribution in [-0.2, 0) is 0 Å². The van der Waals surface area contributed by atoms with Crippen LogP contribution in [0.3, 0.4) is 0 Å². The van der Waals surface area contributed by atoms with Crippen LogP contribution in [0.25, 0.3) is 0 Å². The molecule has 0 saturated heterocycles. The van der Waals surface area contributed by atoms with Crippen molar-refractivity contribution in [3.63, 3.8) is 0 Å². The van der Waals surface area contributed by atoms with Gasteiger partial charge in [-0.15, -0.1) is 0 Å². The van der Waals surface area contributed by atoms with Crippen molar-refractivity contribution in [1.82, 2.24) is 0 Å². The van der Waals surface area contributed by atoms with E-state index in [4.69, 9.17) is 10.5 Å². The molecule has 0 aliphatic heterocycles. The lowest BCUT2D eigenvalue weighted by Crippen LogP contribution is -2.14. The molecule has 0 bridgehead atoms. The Bertz CT molecular complexity index is 705. The maximum atomic E-state index is 13.5. The predicted molar refractivity (Wildman–Crippen MR) is 71.7 cm³/mol. The first-order valence-corrected chi connectivity index (χ1v) is 5.81. The van der Waals surface area contributed by atoms with Crippen LogP contribution in [0.15, 0.2) is 30.3 Å². The fraction of sp³-hybridized carbons (Fsp3) is 0.0714. The maximum Gasteiger partial charge on any atom is 0.255 e. The van der Waals surface area contributed by atoms with Crippen LogP contribution in [0.1, 0.15) is 10.4 Å². The van der Waals surface area contributed by atoms with Gasteiger partial charge in [0.25, 0.3) is 5.91 Å². The van der Waals surface area contributed by atoms with Crippen molar-refractivity contribution in [2.24, 2.45) is 0 Å². The number of ether oxygens (including phenoxy) is 1. The average Bonchev–Trinajstić information content (AvgIpc) is 2.45. The standard InChI is InChI=1S/C14H11F3N2O2/c1-21-13-4-7(2-3-8(13)15)14(20)19-12-6-11(18)9(16)5-10(12)17/h2-6H,18H2,1H3,(H,19,20). The predicted octanol–water partition coefficient (Wildman–Crippen LogP) is 2.95. The molecule has 0 spiro atoms. The van der Waals surface area contributed by atoms with E-state index < -0.39 is 23.4 Å². The topological polar surface area (TPSA) is 64.3 Å². The SMILES string of the molecule is COc1cc(C(=O)Nc2cc(N)c(F)cc2F)ccc1F. The number of nitrogens with one attached hydrogen (secondary N) is 1. The molecule has 0 aliphatic carbocycles. The minimum absolute atomic E-state index is 0.0514. The molecule has 2 aromatic carbocycles. The highest BCUT2D eigenvalue weighted by Crippen LogP contribution is 2.23. The van der Waals surface area contributed by atoms with Gasteiger partial charge in [0.05, 0.1) is 18.5 Å². The van der Waals surface area contributed by atoms with Crippen LogP contribution in [0, 0.1) is 17.5 Å². The Morgan fingerprint density at radius 1 is 1.10 bits per heavy atom. The molecule has 3 N–H and O–H groups in total. The zero-order chi connectivity index (χ0) is 15.6. The van der Waals surface area contributed by atoms with E-state index in [9.17, 15) is 18.0 Å². The van der Waals surface area contributed by atoms with E-state index in [1.807, 2.05) is 0 Å². The zero-order valence-electron chi connectivity index (χ0n) is 10.9. The largest absolute Gasteiger partial charge is 0.494 e. The van der Waals surface area contributed by atoms with E-state index in [2.05, 4.69) is 5.32 Å².